The fourth-order valence-electron chi connectivity index (χ4n) is 2.51. The molecule has 0 fully saturated rings. The Balaban J connectivity index is 1.62. The Labute approximate surface area is 158 Å². The van der Waals surface area contributed by atoms with E-state index in [9.17, 15) is 9.59 Å². The predicted molar refractivity (Wildman–Crippen MR) is 107 cm³/mol. The van der Waals surface area contributed by atoms with Gasteiger partial charge in [-0.3, -0.25) is 9.59 Å². The lowest BCUT2D eigenvalue weighted by atomic mass is 10.1. The van der Waals surface area contributed by atoms with Gasteiger partial charge in [0, 0.05) is 11.3 Å². The van der Waals surface area contributed by atoms with E-state index in [0.717, 1.165) is 5.75 Å². The standard InChI is InChI=1S/C22H20N2O3/c1-16(25)17-8-7-9-18(14-17)24-22(26)15-23-20-12-5-6-13-21(20)27-19-10-3-2-4-11-19/h2-14,23H,15H2,1H3,(H,24,26). The molecule has 5 nitrogen and oxygen atoms in total. The summed E-state index contributed by atoms with van der Waals surface area (Å²) in [5, 5.41) is 5.87. The number of amides is 1. The van der Waals surface area contributed by atoms with Crippen molar-refractivity contribution in [2.24, 2.45) is 0 Å². The van der Waals surface area contributed by atoms with Gasteiger partial charge in [-0.2, -0.15) is 0 Å². The van der Waals surface area contributed by atoms with Gasteiger partial charge < -0.3 is 15.4 Å². The van der Waals surface area contributed by atoms with E-state index in [-0.39, 0.29) is 18.2 Å². The molecule has 3 aromatic carbocycles. The van der Waals surface area contributed by atoms with Crippen LogP contribution in [-0.2, 0) is 4.79 Å². The van der Waals surface area contributed by atoms with E-state index >= 15 is 0 Å². The van der Waals surface area contributed by atoms with E-state index in [2.05, 4.69) is 10.6 Å². The Hall–Kier alpha value is -3.60. The van der Waals surface area contributed by atoms with Crippen LogP contribution >= 0.6 is 0 Å². The highest BCUT2D eigenvalue weighted by Crippen LogP contribution is 2.28. The number of hydrogen-bond acceptors (Lipinski definition) is 4. The quantitative estimate of drug-likeness (QED) is 0.598. The molecule has 0 unspecified atom stereocenters. The molecule has 0 saturated heterocycles. The van der Waals surface area contributed by atoms with E-state index in [1.54, 1.807) is 24.3 Å². The molecule has 0 aliphatic heterocycles. The largest absolute Gasteiger partial charge is 0.455 e. The van der Waals surface area contributed by atoms with Gasteiger partial charge in [0.2, 0.25) is 5.91 Å². The highest BCUT2D eigenvalue weighted by atomic mass is 16.5. The van der Waals surface area contributed by atoms with Crippen LogP contribution in [-0.4, -0.2) is 18.2 Å². The Morgan fingerprint density at radius 2 is 1.63 bits per heavy atom. The minimum Gasteiger partial charge on any atom is -0.455 e. The van der Waals surface area contributed by atoms with Gasteiger partial charge >= 0.3 is 0 Å². The van der Waals surface area contributed by atoms with Gasteiger partial charge in [0.15, 0.2) is 11.5 Å². The van der Waals surface area contributed by atoms with Gasteiger partial charge in [-0.15, -0.1) is 0 Å². The summed E-state index contributed by atoms with van der Waals surface area (Å²) in [6, 6.07) is 23.7. The molecule has 1 amide bonds. The van der Waals surface area contributed by atoms with Gasteiger partial charge in [-0.05, 0) is 43.3 Å². The monoisotopic (exact) mass is 360 g/mol. The lowest BCUT2D eigenvalue weighted by molar-refractivity contribution is -0.114. The zero-order valence-corrected chi connectivity index (χ0v) is 14.9. The second-order valence-corrected chi connectivity index (χ2v) is 5.95. The smallest absolute Gasteiger partial charge is 0.243 e. The second-order valence-electron chi connectivity index (χ2n) is 5.95. The van der Waals surface area contributed by atoms with Crippen molar-refractivity contribution in [2.45, 2.75) is 6.92 Å². The zero-order valence-electron chi connectivity index (χ0n) is 14.9. The molecule has 5 heteroatoms. The first-order valence-corrected chi connectivity index (χ1v) is 8.58. The number of benzene rings is 3. The molecular formula is C22H20N2O3. The number of Topliss-reactive ketones (excluding diaryl/α,β-unsaturated/α-hetero) is 1. The molecular weight excluding hydrogens is 340 g/mol. The molecule has 0 radical (unpaired) electrons. The molecule has 0 aromatic heterocycles. The van der Waals surface area contributed by atoms with Crippen LogP contribution in [0, 0.1) is 0 Å². The molecule has 0 atom stereocenters. The summed E-state index contributed by atoms with van der Waals surface area (Å²) in [6.07, 6.45) is 0. The van der Waals surface area contributed by atoms with Crippen LogP contribution in [0.25, 0.3) is 0 Å². The third kappa shape index (κ3) is 5.19. The summed E-state index contributed by atoms with van der Waals surface area (Å²) in [4.78, 5) is 23.7. The van der Waals surface area contributed by atoms with E-state index < -0.39 is 0 Å². The van der Waals surface area contributed by atoms with E-state index in [4.69, 9.17) is 4.74 Å². The molecule has 0 heterocycles. The maximum Gasteiger partial charge on any atom is 0.243 e. The minimum absolute atomic E-state index is 0.0452. The Bertz CT molecular complexity index is 939. The number of nitrogens with one attached hydrogen (secondary N) is 2. The van der Waals surface area contributed by atoms with Crippen LogP contribution in [0.4, 0.5) is 11.4 Å². The minimum atomic E-state index is -0.217. The number of ketones is 1. The van der Waals surface area contributed by atoms with Gasteiger partial charge in [-0.1, -0.05) is 42.5 Å². The third-order valence-electron chi connectivity index (χ3n) is 3.85. The van der Waals surface area contributed by atoms with Crippen molar-refractivity contribution in [2.75, 3.05) is 17.2 Å². The number of para-hydroxylation sites is 3. The van der Waals surface area contributed by atoms with Crippen LogP contribution in [0.15, 0.2) is 78.9 Å². The summed E-state index contributed by atoms with van der Waals surface area (Å²) in [5.74, 6) is 1.09. The normalized spacial score (nSPS) is 10.1. The molecule has 0 aliphatic carbocycles. The predicted octanol–water partition coefficient (Wildman–Crippen LogP) is 4.73. The average molecular weight is 360 g/mol. The molecule has 3 aromatic rings. The number of rotatable bonds is 7. The Morgan fingerprint density at radius 3 is 2.41 bits per heavy atom. The summed E-state index contributed by atoms with van der Waals surface area (Å²) in [5.41, 5.74) is 1.86. The number of anilines is 2. The number of carbonyl (C=O) groups excluding carboxylic acids is 2. The average Bonchev–Trinajstić information content (AvgIpc) is 2.68. The van der Waals surface area contributed by atoms with Gasteiger partial charge in [-0.25, -0.2) is 0 Å². The lowest BCUT2D eigenvalue weighted by Gasteiger charge is -2.13. The summed E-state index contributed by atoms with van der Waals surface area (Å²) < 4.78 is 5.87. The van der Waals surface area contributed by atoms with Gasteiger partial charge in [0.05, 0.1) is 12.2 Å². The van der Waals surface area contributed by atoms with Crippen LogP contribution in [0.5, 0.6) is 11.5 Å². The number of carbonyl (C=O) groups is 2. The zero-order chi connectivity index (χ0) is 19.1. The fourth-order valence-corrected chi connectivity index (χ4v) is 2.51. The Morgan fingerprint density at radius 1 is 0.889 bits per heavy atom. The molecule has 27 heavy (non-hydrogen) atoms. The second kappa shape index (κ2) is 8.67. The molecule has 0 spiro atoms. The number of hydrogen-bond donors (Lipinski definition) is 2. The fraction of sp³-hybridized carbons (Fsp3) is 0.0909. The van der Waals surface area contributed by atoms with Gasteiger partial charge in [0.25, 0.3) is 0 Å². The molecule has 0 aliphatic rings. The first kappa shape index (κ1) is 18.2. The van der Waals surface area contributed by atoms with Crippen LogP contribution in [0.1, 0.15) is 17.3 Å². The molecule has 2 N–H and O–H groups in total. The van der Waals surface area contributed by atoms with Crippen molar-refractivity contribution in [1.29, 1.82) is 0 Å². The highest BCUT2D eigenvalue weighted by Gasteiger charge is 2.08. The van der Waals surface area contributed by atoms with E-state index in [1.807, 2.05) is 54.6 Å². The SMILES string of the molecule is CC(=O)c1cccc(NC(=O)CNc2ccccc2Oc2ccccc2)c1. The summed E-state index contributed by atoms with van der Waals surface area (Å²) in [7, 11) is 0. The maximum atomic E-state index is 12.2. The molecule has 0 bridgehead atoms. The van der Waals surface area contributed by atoms with Crippen molar-refractivity contribution < 1.29 is 14.3 Å². The number of ether oxygens (including phenoxy) is 1. The van der Waals surface area contributed by atoms with E-state index in [1.165, 1.54) is 6.92 Å². The van der Waals surface area contributed by atoms with Crippen LogP contribution in [0.3, 0.4) is 0 Å². The van der Waals surface area contributed by atoms with Crippen LogP contribution in [0.2, 0.25) is 0 Å². The van der Waals surface area contributed by atoms with Crippen molar-refractivity contribution in [3.63, 3.8) is 0 Å². The topological polar surface area (TPSA) is 67.4 Å². The van der Waals surface area contributed by atoms with Crippen molar-refractivity contribution in [1.82, 2.24) is 0 Å². The maximum absolute atomic E-state index is 12.2. The highest BCUT2D eigenvalue weighted by molar-refractivity contribution is 5.98. The molecule has 136 valence electrons. The Kier molecular flexibility index (Phi) is 5.84. The lowest BCUT2D eigenvalue weighted by Crippen LogP contribution is -2.22. The summed E-state index contributed by atoms with van der Waals surface area (Å²) in [6.45, 7) is 1.56. The summed E-state index contributed by atoms with van der Waals surface area (Å²) >= 11 is 0. The van der Waals surface area contributed by atoms with Crippen LogP contribution < -0.4 is 15.4 Å². The molecule has 0 saturated carbocycles. The van der Waals surface area contributed by atoms with Crippen molar-refractivity contribution in [3.8, 4) is 11.5 Å². The van der Waals surface area contributed by atoms with Crippen molar-refractivity contribution in [3.05, 3.63) is 84.4 Å². The molecule has 3 rings (SSSR count). The van der Waals surface area contributed by atoms with Crippen molar-refractivity contribution >= 4 is 23.1 Å². The van der Waals surface area contributed by atoms with E-state index in [0.29, 0.717) is 22.7 Å². The third-order valence-corrected chi connectivity index (χ3v) is 3.85. The first-order valence-electron chi connectivity index (χ1n) is 8.58. The van der Waals surface area contributed by atoms with Gasteiger partial charge in [0.1, 0.15) is 5.75 Å². The first-order chi connectivity index (χ1) is 13.1.